The number of amides is 2. The molecular weight excluding hydrogens is 518 g/mol. The zero-order valence-electron chi connectivity index (χ0n) is 20.4. The van der Waals surface area contributed by atoms with Crippen LogP contribution >= 0.6 is 11.3 Å². The van der Waals surface area contributed by atoms with Gasteiger partial charge in [0.2, 0.25) is 5.13 Å². The fraction of sp³-hybridized carbons (Fsp3) is 0.360. The number of nitrogens with one attached hydrogen (secondary N) is 1. The first-order chi connectivity index (χ1) is 18.3. The van der Waals surface area contributed by atoms with Gasteiger partial charge >= 0.3 is 0 Å². The highest BCUT2D eigenvalue weighted by atomic mass is 32.1. The zero-order valence-corrected chi connectivity index (χ0v) is 21.2. The molecule has 1 aliphatic carbocycles. The summed E-state index contributed by atoms with van der Waals surface area (Å²) in [5.74, 6) is 5.91. The Morgan fingerprint density at radius 1 is 1.24 bits per heavy atom. The number of methoxy groups -OCH3 is 1. The number of anilines is 2. The van der Waals surface area contributed by atoms with Gasteiger partial charge in [-0.05, 0) is 37.8 Å². The molecule has 4 heterocycles. The van der Waals surface area contributed by atoms with E-state index in [1.807, 2.05) is 0 Å². The van der Waals surface area contributed by atoms with Crippen molar-refractivity contribution >= 4 is 34.1 Å². The summed E-state index contributed by atoms with van der Waals surface area (Å²) in [5.41, 5.74) is -0.0369. The fourth-order valence-corrected chi connectivity index (χ4v) is 4.38. The van der Waals surface area contributed by atoms with Crippen molar-refractivity contribution in [1.82, 2.24) is 20.2 Å². The van der Waals surface area contributed by atoms with Crippen molar-refractivity contribution in [2.24, 2.45) is 5.92 Å². The molecule has 0 spiro atoms. The maximum absolute atomic E-state index is 13.5. The van der Waals surface area contributed by atoms with E-state index in [1.165, 1.54) is 24.3 Å². The van der Waals surface area contributed by atoms with Crippen LogP contribution in [0.15, 0.2) is 24.5 Å². The lowest BCUT2D eigenvalue weighted by Gasteiger charge is -2.30. The molecule has 2 amide bonds. The number of rotatable bonds is 6. The van der Waals surface area contributed by atoms with Crippen LogP contribution in [0.3, 0.4) is 0 Å². The molecule has 1 saturated heterocycles. The van der Waals surface area contributed by atoms with Gasteiger partial charge in [0.15, 0.2) is 5.01 Å². The predicted octanol–water partition coefficient (Wildman–Crippen LogP) is 3.71. The van der Waals surface area contributed by atoms with Crippen LogP contribution in [0.4, 0.5) is 19.7 Å². The third kappa shape index (κ3) is 5.46. The zero-order chi connectivity index (χ0) is 26.8. The number of halogens is 2. The Morgan fingerprint density at radius 2 is 2.05 bits per heavy atom. The first-order valence-corrected chi connectivity index (χ1v) is 12.6. The van der Waals surface area contributed by atoms with E-state index in [0.29, 0.717) is 17.5 Å². The van der Waals surface area contributed by atoms with Crippen molar-refractivity contribution in [3.05, 3.63) is 40.8 Å². The van der Waals surface area contributed by atoms with Crippen LogP contribution in [0, 0.1) is 17.8 Å². The van der Waals surface area contributed by atoms with Crippen LogP contribution in [-0.4, -0.2) is 58.3 Å². The summed E-state index contributed by atoms with van der Waals surface area (Å²) in [6.07, 6.45) is 1.06. The van der Waals surface area contributed by atoms with Crippen LogP contribution in [0.2, 0.25) is 0 Å². The Labute approximate surface area is 220 Å². The average Bonchev–Trinajstić information content (AvgIpc) is 3.65. The Morgan fingerprint density at radius 3 is 2.79 bits per heavy atom. The smallest absolute Gasteiger partial charge is 0.280 e. The SMILES string of the molecule is COc1cnc(C(F)F)cc1-c1cc(N2CCO[C@@H](C)C2=O)ncc1C(=O)Nc1nnc(C#CC2CC2)s1. The maximum atomic E-state index is 13.5. The van der Waals surface area contributed by atoms with Crippen LogP contribution in [0.25, 0.3) is 11.1 Å². The Hall–Kier alpha value is -4.02. The molecule has 38 heavy (non-hydrogen) atoms. The first kappa shape index (κ1) is 25.6. The summed E-state index contributed by atoms with van der Waals surface area (Å²) in [5, 5.41) is 11.3. The van der Waals surface area contributed by atoms with Gasteiger partial charge in [-0.15, -0.1) is 10.2 Å². The van der Waals surface area contributed by atoms with Gasteiger partial charge in [0.05, 0.1) is 32.0 Å². The van der Waals surface area contributed by atoms with Gasteiger partial charge in [-0.1, -0.05) is 17.3 Å². The monoisotopic (exact) mass is 540 g/mol. The molecule has 1 saturated carbocycles. The average molecular weight is 541 g/mol. The van der Waals surface area contributed by atoms with Gasteiger partial charge in [-0.25, -0.2) is 13.8 Å². The minimum Gasteiger partial charge on any atom is -0.494 e. The second-order valence-electron chi connectivity index (χ2n) is 8.61. The van der Waals surface area contributed by atoms with Crippen molar-refractivity contribution in [3.63, 3.8) is 0 Å². The van der Waals surface area contributed by atoms with Crippen LogP contribution in [-0.2, 0) is 9.53 Å². The normalized spacial score (nSPS) is 17.2. The minimum absolute atomic E-state index is 0.0491. The van der Waals surface area contributed by atoms with Gasteiger partial charge in [-0.2, -0.15) is 0 Å². The second kappa shape index (κ2) is 10.8. The maximum Gasteiger partial charge on any atom is 0.280 e. The Balaban J connectivity index is 1.54. The van der Waals surface area contributed by atoms with Crippen molar-refractivity contribution in [3.8, 4) is 28.7 Å². The van der Waals surface area contributed by atoms with E-state index < -0.39 is 24.1 Å². The summed E-state index contributed by atoms with van der Waals surface area (Å²) >= 11 is 1.12. The topological polar surface area (TPSA) is 119 Å². The summed E-state index contributed by atoms with van der Waals surface area (Å²) in [6, 6.07) is 2.64. The van der Waals surface area contributed by atoms with Crippen LogP contribution in [0.1, 0.15) is 47.3 Å². The summed E-state index contributed by atoms with van der Waals surface area (Å²) in [6.45, 7) is 2.17. The van der Waals surface area contributed by atoms with E-state index in [4.69, 9.17) is 9.47 Å². The molecule has 196 valence electrons. The van der Waals surface area contributed by atoms with Gasteiger partial charge in [0.25, 0.3) is 18.2 Å². The molecule has 1 aliphatic heterocycles. The minimum atomic E-state index is -2.85. The number of nitrogens with zero attached hydrogens (tertiary/aromatic N) is 5. The van der Waals surface area contributed by atoms with E-state index in [0.717, 1.165) is 36.4 Å². The molecule has 0 aromatic carbocycles. The van der Waals surface area contributed by atoms with E-state index in [9.17, 15) is 18.4 Å². The highest BCUT2D eigenvalue weighted by Crippen LogP contribution is 2.36. The number of ether oxygens (including phenoxy) is 2. The molecule has 13 heteroatoms. The highest BCUT2D eigenvalue weighted by molar-refractivity contribution is 7.15. The number of hydrogen-bond acceptors (Lipinski definition) is 9. The van der Waals surface area contributed by atoms with E-state index in [2.05, 4.69) is 37.3 Å². The molecule has 10 nitrogen and oxygen atoms in total. The van der Waals surface area contributed by atoms with Gasteiger partial charge in [0, 0.05) is 23.2 Å². The molecule has 3 aromatic rings. The molecule has 2 aliphatic rings. The number of hydrogen-bond donors (Lipinski definition) is 1. The van der Waals surface area contributed by atoms with Gasteiger partial charge in [-0.3, -0.25) is 24.8 Å². The van der Waals surface area contributed by atoms with Gasteiger partial charge in [0.1, 0.15) is 23.4 Å². The van der Waals surface area contributed by atoms with Crippen molar-refractivity contribution < 1.29 is 27.8 Å². The van der Waals surface area contributed by atoms with Gasteiger partial charge < -0.3 is 9.47 Å². The number of carbonyl (C=O) groups is 2. The fourth-order valence-electron chi connectivity index (χ4n) is 3.78. The van der Waals surface area contributed by atoms with E-state index >= 15 is 0 Å². The molecular formula is C25H22F2N6O4S. The van der Waals surface area contributed by atoms with Crippen LogP contribution < -0.4 is 15.0 Å². The quantitative estimate of drug-likeness (QED) is 0.470. The molecule has 1 N–H and O–H groups in total. The lowest BCUT2D eigenvalue weighted by molar-refractivity contribution is -0.132. The number of morpholine rings is 1. The Bertz CT molecular complexity index is 1450. The summed E-state index contributed by atoms with van der Waals surface area (Å²) in [4.78, 5) is 35.6. The van der Waals surface area contributed by atoms with E-state index in [-0.39, 0.29) is 45.8 Å². The molecule has 0 unspecified atom stereocenters. The molecule has 0 radical (unpaired) electrons. The third-order valence-corrected chi connectivity index (χ3v) is 6.69. The number of aromatic nitrogens is 4. The largest absolute Gasteiger partial charge is 0.494 e. The van der Waals surface area contributed by atoms with E-state index in [1.54, 1.807) is 6.92 Å². The second-order valence-corrected chi connectivity index (χ2v) is 9.59. The predicted molar refractivity (Wildman–Crippen MR) is 134 cm³/mol. The Kier molecular flexibility index (Phi) is 7.26. The third-order valence-electron chi connectivity index (χ3n) is 5.94. The first-order valence-electron chi connectivity index (χ1n) is 11.8. The molecule has 3 aromatic heterocycles. The molecule has 5 rings (SSSR count). The lowest BCUT2D eigenvalue weighted by Crippen LogP contribution is -2.47. The summed E-state index contributed by atoms with van der Waals surface area (Å²) < 4.78 is 37.8. The van der Waals surface area contributed by atoms with Crippen molar-refractivity contribution in [2.45, 2.75) is 32.3 Å². The number of pyridine rings is 2. The highest BCUT2D eigenvalue weighted by Gasteiger charge is 2.30. The molecule has 2 fully saturated rings. The standard InChI is InChI=1S/C25H22F2N6O4S/c1-13-24(35)33(7-8-37-13)20-10-15(16-9-18(22(26)27)28-12-19(16)36-2)17(11-29-20)23(34)30-25-32-31-21(38-25)6-5-14-3-4-14/h9-14,22H,3-4,7-8H2,1-2H3,(H,30,32,34)/t13-/m0/s1. The number of carbonyl (C=O) groups excluding carboxylic acids is 2. The van der Waals surface area contributed by atoms with Crippen molar-refractivity contribution in [2.75, 3.05) is 30.5 Å². The number of alkyl halides is 2. The summed E-state index contributed by atoms with van der Waals surface area (Å²) in [7, 11) is 1.36. The molecule has 0 bridgehead atoms. The van der Waals surface area contributed by atoms with Crippen molar-refractivity contribution in [1.29, 1.82) is 0 Å². The van der Waals surface area contributed by atoms with Crippen LogP contribution in [0.5, 0.6) is 5.75 Å². The molecule has 1 atom stereocenters. The lowest BCUT2D eigenvalue weighted by atomic mass is 9.99.